The number of carbonyl (C=O) groups is 2. The van der Waals surface area contributed by atoms with E-state index in [1.165, 1.54) is 17.2 Å². The Morgan fingerprint density at radius 1 is 1.33 bits per heavy atom. The van der Waals surface area contributed by atoms with Gasteiger partial charge in [0.1, 0.15) is 12.4 Å². The zero-order valence-electron chi connectivity index (χ0n) is 13.5. The van der Waals surface area contributed by atoms with Crippen LogP contribution in [0.25, 0.3) is 11.3 Å². The molecule has 7 heteroatoms. The molecule has 0 saturated carbocycles. The monoisotopic (exact) mass is 334 g/mol. The van der Waals surface area contributed by atoms with Crippen LogP contribution in [0.2, 0.25) is 0 Å². The van der Waals surface area contributed by atoms with Crippen molar-refractivity contribution in [3.8, 4) is 11.3 Å². The standard InChI is InChI=1S/C17H19FN2O4/c1-11(2)20(10-17(22)23)16(21)8-7-15-19-9-14(24-15)12-5-3-4-6-13(12)18/h3-6,9,11H,7-8,10H2,1-2H3,(H,22,23). The number of nitrogens with zero attached hydrogens (tertiary/aromatic N) is 2. The van der Waals surface area contributed by atoms with Gasteiger partial charge in [0, 0.05) is 18.9 Å². The maximum atomic E-state index is 13.7. The van der Waals surface area contributed by atoms with E-state index in [0.29, 0.717) is 17.2 Å². The summed E-state index contributed by atoms with van der Waals surface area (Å²) in [6.07, 6.45) is 1.70. The van der Waals surface area contributed by atoms with Crippen molar-refractivity contribution in [3.63, 3.8) is 0 Å². The summed E-state index contributed by atoms with van der Waals surface area (Å²) in [6, 6.07) is 5.96. The van der Waals surface area contributed by atoms with Gasteiger partial charge in [-0.25, -0.2) is 9.37 Å². The fraction of sp³-hybridized carbons (Fsp3) is 0.353. The van der Waals surface area contributed by atoms with E-state index < -0.39 is 11.8 Å². The number of hydrogen-bond donors (Lipinski definition) is 1. The summed E-state index contributed by atoms with van der Waals surface area (Å²) in [5, 5.41) is 8.86. The summed E-state index contributed by atoms with van der Waals surface area (Å²) in [5.74, 6) is -1.17. The predicted molar refractivity (Wildman–Crippen MR) is 84.7 cm³/mol. The average Bonchev–Trinajstić information content (AvgIpc) is 2.99. The highest BCUT2D eigenvalue weighted by atomic mass is 19.1. The van der Waals surface area contributed by atoms with Crippen LogP contribution in [0, 0.1) is 5.82 Å². The largest absolute Gasteiger partial charge is 0.480 e. The number of carboxylic acid groups (broad SMARTS) is 1. The Labute approximate surface area is 138 Å². The van der Waals surface area contributed by atoms with Crippen molar-refractivity contribution in [1.29, 1.82) is 0 Å². The minimum atomic E-state index is -1.06. The first-order valence-electron chi connectivity index (χ1n) is 7.59. The van der Waals surface area contributed by atoms with Crippen LogP contribution in [0.4, 0.5) is 4.39 Å². The van der Waals surface area contributed by atoms with Crippen LogP contribution < -0.4 is 0 Å². The van der Waals surface area contributed by atoms with E-state index in [0.717, 1.165) is 0 Å². The molecule has 0 fully saturated rings. The van der Waals surface area contributed by atoms with Gasteiger partial charge in [0.2, 0.25) is 5.91 Å². The lowest BCUT2D eigenvalue weighted by Crippen LogP contribution is -2.40. The lowest BCUT2D eigenvalue weighted by atomic mass is 10.2. The molecule has 0 aliphatic rings. The van der Waals surface area contributed by atoms with Crippen molar-refractivity contribution in [2.24, 2.45) is 0 Å². The van der Waals surface area contributed by atoms with Gasteiger partial charge in [-0.1, -0.05) is 12.1 Å². The second kappa shape index (κ2) is 7.72. The summed E-state index contributed by atoms with van der Waals surface area (Å²) in [6.45, 7) is 3.16. The first-order valence-corrected chi connectivity index (χ1v) is 7.59. The van der Waals surface area contributed by atoms with Gasteiger partial charge >= 0.3 is 5.97 Å². The third-order valence-corrected chi connectivity index (χ3v) is 3.49. The van der Waals surface area contributed by atoms with Crippen LogP contribution in [0.15, 0.2) is 34.9 Å². The lowest BCUT2D eigenvalue weighted by Gasteiger charge is -2.24. The minimum Gasteiger partial charge on any atom is -0.480 e. The summed E-state index contributed by atoms with van der Waals surface area (Å²) >= 11 is 0. The van der Waals surface area contributed by atoms with E-state index in [4.69, 9.17) is 9.52 Å². The lowest BCUT2D eigenvalue weighted by molar-refractivity contribution is -0.145. The topological polar surface area (TPSA) is 83.6 Å². The number of aromatic nitrogens is 1. The Morgan fingerprint density at radius 2 is 2.04 bits per heavy atom. The second-order valence-electron chi connectivity index (χ2n) is 5.61. The molecular weight excluding hydrogens is 315 g/mol. The highest BCUT2D eigenvalue weighted by Crippen LogP contribution is 2.23. The maximum absolute atomic E-state index is 13.7. The molecule has 1 amide bonds. The average molecular weight is 334 g/mol. The van der Waals surface area contributed by atoms with Crippen molar-refractivity contribution < 1.29 is 23.5 Å². The van der Waals surface area contributed by atoms with Crippen LogP contribution in [-0.2, 0) is 16.0 Å². The molecule has 0 atom stereocenters. The summed E-state index contributed by atoms with van der Waals surface area (Å²) in [5.41, 5.74) is 0.303. The molecule has 1 aromatic carbocycles. The predicted octanol–water partition coefficient (Wildman–Crippen LogP) is 2.73. The molecule has 0 aliphatic heterocycles. The number of carbonyl (C=O) groups excluding carboxylic acids is 1. The normalized spacial score (nSPS) is 10.8. The Bertz CT molecular complexity index is 727. The van der Waals surface area contributed by atoms with Gasteiger partial charge in [-0.3, -0.25) is 9.59 Å². The van der Waals surface area contributed by atoms with Gasteiger partial charge < -0.3 is 14.4 Å². The molecule has 0 unspecified atom stereocenters. The fourth-order valence-corrected chi connectivity index (χ4v) is 2.27. The molecular formula is C17H19FN2O4. The van der Waals surface area contributed by atoms with E-state index in [1.807, 2.05) is 0 Å². The van der Waals surface area contributed by atoms with Gasteiger partial charge in [0.05, 0.1) is 11.8 Å². The Kier molecular flexibility index (Phi) is 5.68. The zero-order chi connectivity index (χ0) is 17.7. The molecule has 0 spiro atoms. The molecule has 6 nitrogen and oxygen atoms in total. The van der Waals surface area contributed by atoms with Gasteiger partial charge in [-0.05, 0) is 26.0 Å². The smallest absolute Gasteiger partial charge is 0.323 e. The highest BCUT2D eigenvalue weighted by Gasteiger charge is 2.20. The number of benzene rings is 1. The fourth-order valence-electron chi connectivity index (χ4n) is 2.27. The number of halogens is 1. The number of aliphatic carboxylic acids is 1. The molecule has 0 saturated heterocycles. The Hall–Kier alpha value is -2.70. The van der Waals surface area contributed by atoms with Gasteiger partial charge in [0.25, 0.3) is 0 Å². The maximum Gasteiger partial charge on any atom is 0.323 e. The second-order valence-corrected chi connectivity index (χ2v) is 5.61. The van der Waals surface area contributed by atoms with E-state index >= 15 is 0 Å². The van der Waals surface area contributed by atoms with E-state index in [2.05, 4.69) is 4.98 Å². The van der Waals surface area contributed by atoms with Crippen molar-refractivity contribution in [2.75, 3.05) is 6.54 Å². The molecule has 128 valence electrons. The number of oxazole rings is 1. The van der Waals surface area contributed by atoms with Crippen molar-refractivity contribution in [2.45, 2.75) is 32.7 Å². The SMILES string of the molecule is CC(C)N(CC(=O)O)C(=O)CCc1ncc(-c2ccccc2F)o1. The molecule has 24 heavy (non-hydrogen) atoms. The van der Waals surface area contributed by atoms with Crippen LogP contribution in [0.1, 0.15) is 26.2 Å². The molecule has 0 radical (unpaired) electrons. The number of amides is 1. The summed E-state index contributed by atoms with van der Waals surface area (Å²) in [4.78, 5) is 28.3. The van der Waals surface area contributed by atoms with Crippen LogP contribution in [0.3, 0.4) is 0 Å². The quantitative estimate of drug-likeness (QED) is 0.842. The van der Waals surface area contributed by atoms with Gasteiger partial charge in [0.15, 0.2) is 11.7 Å². The minimum absolute atomic E-state index is 0.0721. The van der Waals surface area contributed by atoms with Crippen molar-refractivity contribution in [3.05, 3.63) is 42.2 Å². The van der Waals surface area contributed by atoms with E-state index in [9.17, 15) is 14.0 Å². The molecule has 2 rings (SSSR count). The molecule has 0 aliphatic carbocycles. The molecule has 0 bridgehead atoms. The van der Waals surface area contributed by atoms with Crippen LogP contribution >= 0.6 is 0 Å². The summed E-state index contributed by atoms with van der Waals surface area (Å²) in [7, 11) is 0. The van der Waals surface area contributed by atoms with Gasteiger partial charge in [-0.15, -0.1) is 0 Å². The molecule has 1 N–H and O–H groups in total. The first-order chi connectivity index (χ1) is 11.4. The third-order valence-electron chi connectivity index (χ3n) is 3.49. The molecule has 2 aromatic rings. The van der Waals surface area contributed by atoms with Crippen LogP contribution in [0.5, 0.6) is 0 Å². The van der Waals surface area contributed by atoms with E-state index in [1.54, 1.807) is 32.0 Å². The molecule has 1 aromatic heterocycles. The zero-order valence-corrected chi connectivity index (χ0v) is 13.5. The first kappa shape index (κ1) is 17.7. The Morgan fingerprint density at radius 3 is 2.67 bits per heavy atom. The third kappa shape index (κ3) is 4.41. The van der Waals surface area contributed by atoms with Crippen molar-refractivity contribution in [1.82, 2.24) is 9.88 Å². The van der Waals surface area contributed by atoms with E-state index in [-0.39, 0.29) is 31.3 Å². The number of rotatable bonds is 7. The number of hydrogen-bond acceptors (Lipinski definition) is 4. The Balaban J connectivity index is 2.01. The van der Waals surface area contributed by atoms with Crippen molar-refractivity contribution >= 4 is 11.9 Å². The number of carboxylic acids is 1. The number of aryl methyl sites for hydroxylation is 1. The van der Waals surface area contributed by atoms with Crippen LogP contribution in [-0.4, -0.2) is 39.5 Å². The van der Waals surface area contributed by atoms with Gasteiger partial charge in [-0.2, -0.15) is 0 Å². The summed E-state index contributed by atoms with van der Waals surface area (Å²) < 4.78 is 19.2. The molecule has 1 heterocycles. The highest BCUT2D eigenvalue weighted by molar-refractivity contribution is 5.81.